The van der Waals surface area contributed by atoms with Crippen LogP contribution in [0.1, 0.15) is 71.1 Å². The molecular weight excluding hydrogens is 332 g/mol. The van der Waals surface area contributed by atoms with Crippen LogP contribution in [0.25, 0.3) is 0 Å². The number of hydrogen-bond acceptors (Lipinski definition) is 4. The predicted molar refractivity (Wildman–Crippen MR) is 104 cm³/mol. The third-order valence-corrected chi connectivity index (χ3v) is 4.38. The predicted octanol–water partition coefficient (Wildman–Crippen LogP) is 2.38. The Morgan fingerprint density at radius 1 is 0.962 bits per heavy atom. The molecule has 0 rings (SSSR count). The molecule has 6 heteroatoms. The van der Waals surface area contributed by atoms with Gasteiger partial charge >= 0.3 is 0 Å². The highest BCUT2D eigenvalue weighted by Gasteiger charge is 2.23. The maximum absolute atomic E-state index is 12.5. The van der Waals surface area contributed by atoms with Crippen LogP contribution in [-0.2, 0) is 9.59 Å². The summed E-state index contributed by atoms with van der Waals surface area (Å²) in [5.41, 5.74) is 5.26. The highest BCUT2D eigenvalue weighted by Crippen LogP contribution is 2.13. The molecule has 1 unspecified atom stereocenters. The smallest absolute Gasteiger partial charge is 0.230 e. The van der Waals surface area contributed by atoms with Crippen molar-refractivity contribution in [3.63, 3.8) is 0 Å². The molecule has 152 valence electrons. The van der Waals surface area contributed by atoms with Crippen LogP contribution < -0.4 is 5.73 Å². The van der Waals surface area contributed by atoms with E-state index in [1.54, 1.807) is 6.08 Å². The van der Waals surface area contributed by atoms with Crippen molar-refractivity contribution in [2.24, 2.45) is 11.7 Å². The van der Waals surface area contributed by atoms with Crippen molar-refractivity contribution in [3.8, 4) is 0 Å². The molecule has 0 heterocycles. The zero-order valence-corrected chi connectivity index (χ0v) is 16.4. The Morgan fingerprint density at radius 2 is 1.50 bits per heavy atom. The molecule has 6 nitrogen and oxygen atoms in total. The van der Waals surface area contributed by atoms with E-state index in [4.69, 9.17) is 15.9 Å². The first-order valence-electron chi connectivity index (χ1n) is 10.0. The monoisotopic (exact) mass is 370 g/mol. The largest absolute Gasteiger partial charge is 0.395 e. The topological polar surface area (TPSA) is 104 Å². The summed E-state index contributed by atoms with van der Waals surface area (Å²) in [7, 11) is 0. The summed E-state index contributed by atoms with van der Waals surface area (Å²) in [6, 6.07) is 0. The Hall–Kier alpha value is -1.40. The number of rotatable bonds is 17. The molecule has 2 amide bonds. The summed E-state index contributed by atoms with van der Waals surface area (Å²) in [5, 5.41) is 18.1. The molecule has 0 fully saturated rings. The standard InChI is InChI=1S/C20H38N2O4/c1-2-3-4-5-6-7-8-9-10-11-12-18(17-19(21)25)20(26)22(13-15-23)14-16-24/h11-12,18,23-24H,2-10,13-17H2,1H3,(H2,21,25). The molecule has 0 aromatic carbocycles. The first-order valence-corrected chi connectivity index (χ1v) is 10.0. The van der Waals surface area contributed by atoms with Crippen molar-refractivity contribution < 1.29 is 19.8 Å². The molecule has 0 saturated heterocycles. The summed E-state index contributed by atoms with van der Waals surface area (Å²) in [6.07, 6.45) is 14.5. The Balaban J connectivity index is 4.28. The van der Waals surface area contributed by atoms with Crippen LogP contribution in [0, 0.1) is 5.92 Å². The molecule has 0 bridgehead atoms. The van der Waals surface area contributed by atoms with Crippen LogP contribution in [-0.4, -0.2) is 53.2 Å². The molecule has 0 aromatic rings. The summed E-state index contributed by atoms with van der Waals surface area (Å²) >= 11 is 0. The number of carbonyl (C=O) groups excluding carboxylic acids is 2. The van der Waals surface area contributed by atoms with E-state index in [1.165, 1.54) is 49.8 Å². The lowest BCUT2D eigenvalue weighted by molar-refractivity contribution is -0.137. The van der Waals surface area contributed by atoms with Gasteiger partial charge in [-0.1, -0.05) is 64.0 Å². The molecule has 0 radical (unpaired) electrons. The molecule has 0 spiro atoms. The lowest BCUT2D eigenvalue weighted by atomic mass is 10.0. The van der Waals surface area contributed by atoms with Crippen LogP contribution in [0.15, 0.2) is 12.2 Å². The molecule has 0 aliphatic carbocycles. The van der Waals surface area contributed by atoms with Crippen molar-refractivity contribution in [1.29, 1.82) is 0 Å². The number of carbonyl (C=O) groups is 2. The van der Waals surface area contributed by atoms with Gasteiger partial charge in [0, 0.05) is 19.5 Å². The third-order valence-electron chi connectivity index (χ3n) is 4.38. The van der Waals surface area contributed by atoms with Crippen molar-refractivity contribution in [1.82, 2.24) is 4.90 Å². The second-order valence-corrected chi connectivity index (χ2v) is 6.74. The van der Waals surface area contributed by atoms with Crippen molar-refractivity contribution in [2.75, 3.05) is 26.3 Å². The van der Waals surface area contributed by atoms with Crippen LogP contribution in [0.4, 0.5) is 0 Å². The molecule has 0 aliphatic rings. The first-order chi connectivity index (χ1) is 12.6. The minimum absolute atomic E-state index is 0.0554. The first kappa shape index (κ1) is 24.6. The van der Waals surface area contributed by atoms with Crippen LogP contribution in [0.5, 0.6) is 0 Å². The molecule has 0 aromatic heterocycles. The van der Waals surface area contributed by atoms with Gasteiger partial charge in [-0.05, 0) is 12.8 Å². The Kier molecular flexibility index (Phi) is 16.1. The number of hydrogen-bond donors (Lipinski definition) is 3. The minimum Gasteiger partial charge on any atom is -0.395 e. The van der Waals surface area contributed by atoms with E-state index in [0.717, 1.165) is 12.8 Å². The highest BCUT2D eigenvalue weighted by molar-refractivity contribution is 5.86. The van der Waals surface area contributed by atoms with Gasteiger partial charge in [0.2, 0.25) is 11.8 Å². The molecule has 4 N–H and O–H groups in total. The van der Waals surface area contributed by atoms with Crippen LogP contribution >= 0.6 is 0 Å². The molecule has 1 atom stereocenters. The normalized spacial score (nSPS) is 12.4. The summed E-state index contributed by atoms with van der Waals surface area (Å²) in [6.45, 7) is 2.13. The minimum atomic E-state index is -0.625. The lowest BCUT2D eigenvalue weighted by Gasteiger charge is -2.24. The molecule has 0 saturated carbocycles. The molecule has 0 aliphatic heterocycles. The van der Waals surface area contributed by atoms with Gasteiger partial charge in [0.1, 0.15) is 0 Å². The molecule has 26 heavy (non-hydrogen) atoms. The number of aliphatic hydroxyl groups is 2. The Morgan fingerprint density at radius 3 is 2.00 bits per heavy atom. The number of unbranched alkanes of at least 4 members (excludes halogenated alkanes) is 8. The molecular formula is C20H38N2O4. The zero-order chi connectivity index (χ0) is 19.6. The number of aliphatic hydroxyl groups excluding tert-OH is 2. The fraction of sp³-hybridized carbons (Fsp3) is 0.800. The van der Waals surface area contributed by atoms with Gasteiger partial charge < -0.3 is 20.8 Å². The fourth-order valence-electron chi connectivity index (χ4n) is 2.92. The SMILES string of the molecule is CCCCCCCCCCC=CC(CC(N)=O)C(=O)N(CCO)CCO. The maximum Gasteiger partial charge on any atom is 0.230 e. The average molecular weight is 371 g/mol. The fourth-order valence-corrected chi connectivity index (χ4v) is 2.92. The van der Waals surface area contributed by atoms with Gasteiger partial charge in [-0.15, -0.1) is 0 Å². The maximum atomic E-state index is 12.5. The van der Waals surface area contributed by atoms with E-state index in [2.05, 4.69) is 6.92 Å². The van der Waals surface area contributed by atoms with Gasteiger partial charge in [0.05, 0.1) is 19.1 Å². The van der Waals surface area contributed by atoms with E-state index >= 15 is 0 Å². The Bertz CT molecular complexity index is 393. The summed E-state index contributed by atoms with van der Waals surface area (Å²) in [5.74, 6) is -1.44. The quantitative estimate of drug-likeness (QED) is 0.270. The van der Waals surface area contributed by atoms with Gasteiger partial charge in [-0.2, -0.15) is 0 Å². The lowest BCUT2D eigenvalue weighted by Crippen LogP contribution is -2.40. The van der Waals surface area contributed by atoms with Gasteiger partial charge in [0.15, 0.2) is 0 Å². The second-order valence-electron chi connectivity index (χ2n) is 6.74. The average Bonchev–Trinajstić information content (AvgIpc) is 2.61. The van der Waals surface area contributed by atoms with E-state index in [1.807, 2.05) is 6.08 Å². The Labute approximate surface area is 158 Å². The van der Waals surface area contributed by atoms with Crippen LogP contribution in [0.3, 0.4) is 0 Å². The van der Waals surface area contributed by atoms with Crippen LogP contribution in [0.2, 0.25) is 0 Å². The van der Waals surface area contributed by atoms with E-state index in [-0.39, 0.29) is 38.6 Å². The number of primary amides is 1. The second kappa shape index (κ2) is 17.0. The number of amides is 2. The number of nitrogens with two attached hydrogens (primary N) is 1. The van der Waals surface area contributed by atoms with Gasteiger partial charge in [-0.25, -0.2) is 0 Å². The van der Waals surface area contributed by atoms with Crippen molar-refractivity contribution in [2.45, 2.75) is 71.1 Å². The zero-order valence-electron chi connectivity index (χ0n) is 16.4. The number of nitrogens with zero attached hydrogens (tertiary/aromatic N) is 1. The van der Waals surface area contributed by atoms with Crippen molar-refractivity contribution in [3.05, 3.63) is 12.2 Å². The van der Waals surface area contributed by atoms with E-state index in [0.29, 0.717) is 0 Å². The third kappa shape index (κ3) is 12.9. The van der Waals surface area contributed by atoms with Crippen molar-refractivity contribution >= 4 is 11.8 Å². The summed E-state index contributed by atoms with van der Waals surface area (Å²) < 4.78 is 0. The number of allylic oxidation sites excluding steroid dienone is 1. The van der Waals surface area contributed by atoms with E-state index < -0.39 is 11.8 Å². The van der Waals surface area contributed by atoms with E-state index in [9.17, 15) is 9.59 Å². The van der Waals surface area contributed by atoms with Gasteiger partial charge in [-0.3, -0.25) is 9.59 Å². The van der Waals surface area contributed by atoms with Gasteiger partial charge in [0.25, 0.3) is 0 Å². The summed E-state index contributed by atoms with van der Waals surface area (Å²) in [4.78, 5) is 25.1. The highest BCUT2D eigenvalue weighted by atomic mass is 16.3.